The van der Waals surface area contributed by atoms with Crippen molar-refractivity contribution in [2.24, 2.45) is 10.8 Å². The van der Waals surface area contributed by atoms with Gasteiger partial charge in [0.2, 0.25) is 0 Å². The molecule has 0 aliphatic heterocycles. The Morgan fingerprint density at radius 2 is 1.65 bits per heavy atom. The van der Waals surface area contributed by atoms with Gasteiger partial charge in [0.15, 0.2) is 0 Å². The van der Waals surface area contributed by atoms with E-state index in [1.165, 1.54) is 11.7 Å². The minimum absolute atomic E-state index is 0.0955. The summed E-state index contributed by atoms with van der Waals surface area (Å²) in [7, 11) is 2.16. The molecule has 23 heavy (non-hydrogen) atoms. The van der Waals surface area contributed by atoms with E-state index < -0.39 is 0 Å². The van der Waals surface area contributed by atoms with E-state index in [1.807, 2.05) is 45.2 Å². The summed E-state index contributed by atoms with van der Waals surface area (Å²) in [5, 5.41) is 17.6. The Kier molecular flexibility index (Phi) is 19.7. The van der Waals surface area contributed by atoms with Gasteiger partial charge in [-0.05, 0) is 0 Å². The van der Waals surface area contributed by atoms with Crippen LogP contribution in [0.1, 0.15) is 27.7 Å². The lowest BCUT2D eigenvalue weighted by Crippen LogP contribution is -2.21. The minimum Gasteiger partial charge on any atom is -0.396 e. The fourth-order valence-electron chi connectivity index (χ4n) is 0.779. The highest BCUT2D eigenvalue weighted by Gasteiger charge is 2.16. The van der Waals surface area contributed by atoms with Gasteiger partial charge in [0.25, 0.3) is 0 Å². The van der Waals surface area contributed by atoms with Crippen LogP contribution in [-0.2, 0) is 8.71 Å². The van der Waals surface area contributed by atoms with Gasteiger partial charge in [0.05, 0.1) is 26.4 Å². The molecule has 0 aromatic heterocycles. The van der Waals surface area contributed by atoms with E-state index in [4.69, 9.17) is 18.9 Å². The number of hydrogen-bond donors (Lipinski definition) is 3. The zero-order valence-electron chi connectivity index (χ0n) is 14.4. The van der Waals surface area contributed by atoms with E-state index in [0.29, 0.717) is 20.2 Å². The lowest BCUT2D eigenvalue weighted by Gasteiger charge is -2.19. The summed E-state index contributed by atoms with van der Waals surface area (Å²) in [5.74, 6) is 1.82. The minimum atomic E-state index is -0.131. The summed E-state index contributed by atoms with van der Waals surface area (Å²) in [6.45, 7) is 10.0. The average molecular weight is 423 g/mol. The second kappa shape index (κ2) is 16.9. The Hall–Kier alpha value is 1.49. The molecule has 0 aromatic rings. The highest BCUT2D eigenvalue weighted by atomic mass is 33.1. The molecule has 9 heteroatoms. The fraction of sp³-hybridized carbons (Fsp3) is 0.857. The van der Waals surface area contributed by atoms with E-state index in [1.54, 1.807) is 0 Å². The molecule has 4 nitrogen and oxygen atoms in total. The van der Waals surface area contributed by atoms with Crippen molar-refractivity contribution < 1.29 is 18.9 Å². The van der Waals surface area contributed by atoms with Crippen LogP contribution in [-0.4, -0.2) is 48.1 Å². The van der Waals surface area contributed by atoms with Gasteiger partial charge in [-0.1, -0.05) is 39.8 Å². The Balaban J connectivity index is 0. The molecule has 0 saturated heterocycles. The van der Waals surface area contributed by atoms with Gasteiger partial charge < -0.3 is 18.9 Å². The molecule has 0 rings (SSSR count). The van der Waals surface area contributed by atoms with Crippen molar-refractivity contribution in [2.75, 3.05) is 37.9 Å². The van der Waals surface area contributed by atoms with Crippen molar-refractivity contribution in [3.8, 4) is 0 Å². The standard InChI is InChI=1S/C9H19O2PS3.C5H13O2P/c1-9(2,7-10)8-11-15-12-14-6-4-3-5-13;1-5(2,3-6)4-7-8/h3-4,10,12-13H,5-8H2,1-2H3;6H,3-4,8H2,1-2H3/b4-3+;. The molecule has 0 saturated carbocycles. The topological polar surface area (TPSA) is 58.9 Å². The molecule has 140 valence electrons. The third kappa shape index (κ3) is 21.4. The predicted molar refractivity (Wildman–Crippen MR) is 115 cm³/mol. The van der Waals surface area contributed by atoms with Crippen LogP contribution < -0.4 is 0 Å². The van der Waals surface area contributed by atoms with Crippen molar-refractivity contribution in [1.29, 1.82) is 0 Å². The lowest BCUT2D eigenvalue weighted by molar-refractivity contribution is 0.108. The Labute approximate surface area is 159 Å². The van der Waals surface area contributed by atoms with Crippen LogP contribution in [0.2, 0.25) is 0 Å². The summed E-state index contributed by atoms with van der Waals surface area (Å²) < 4.78 is 10.2. The van der Waals surface area contributed by atoms with E-state index in [9.17, 15) is 0 Å². The first kappa shape index (κ1) is 26.7. The monoisotopic (exact) mass is 422 g/mol. The first-order valence-corrected chi connectivity index (χ1v) is 12.5. The third-order valence-corrected chi connectivity index (χ3v) is 6.63. The van der Waals surface area contributed by atoms with Crippen LogP contribution in [0.4, 0.5) is 0 Å². The molecule has 0 aliphatic carbocycles. The first-order chi connectivity index (χ1) is 10.7. The molecule has 2 N–H and O–H groups in total. The molecule has 2 atom stereocenters. The molecular weight excluding hydrogens is 390 g/mol. The largest absolute Gasteiger partial charge is 0.396 e. The van der Waals surface area contributed by atoms with Crippen LogP contribution in [0.25, 0.3) is 0 Å². The van der Waals surface area contributed by atoms with Gasteiger partial charge in [-0.15, -0.1) is 11.4 Å². The van der Waals surface area contributed by atoms with Gasteiger partial charge in [-0.2, -0.15) is 12.6 Å². The van der Waals surface area contributed by atoms with E-state index in [-0.39, 0.29) is 24.0 Å². The highest BCUT2D eigenvalue weighted by molar-refractivity contribution is 8.81. The summed E-state index contributed by atoms with van der Waals surface area (Å²) in [6.07, 6.45) is 4.16. The molecule has 0 aromatic carbocycles. The molecule has 2 unspecified atom stereocenters. The van der Waals surface area contributed by atoms with Crippen LogP contribution in [0, 0.1) is 10.8 Å². The summed E-state index contributed by atoms with van der Waals surface area (Å²) in [5.41, 5.74) is -0.226. The van der Waals surface area contributed by atoms with Crippen molar-refractivity contribution in [3.05, 3.63) is 12.2 Å². The SMILES string of the molecule is CC(C)(CO)COP.CC(C)(CO)COSPSC/C=C/CS. The van der Waals surface area contributed by atoms with E-state index in [0.717, 1.165) is 11.5 Å². The number of aliphatic hydroxyl groups excluding tert-OH is 2. The molecule has 0 aliphatic rings. The van der Waals surface area contributed by atoms with Crippen LogP contribution in [0.3, 0.4) is 0 Å². The van der Waals surface area contributed by atoms with Gasteiger partial charge in [-0.3, -0.25) is 0 Å². The third-order valence-electron chi connectivity index (χ3n) is 2.38. The van der Waals surface area contributed by atoms with E-state index in [2.05, 4.69) is 28.2 Å². The van der Waals surface area contributed by atoms with Crippen LogP contribution in [0.5, 0.6) is 0 Å². The Bertz CT molecular complexity index is 293. The second-order valence-corrected chi connectivity index (χ2v) is 11.6. The van der Waals surface area contributed by atoms with Crippen LogP contribution in [0.15, 0.2) is 12.2 Å². The molecule has 0 heterocycles. The summed E-state index contributed by atoms with van der Waals surface area (Å²) in [6, 6.07) is 0. The number of thiol groups is 1. The van der Waals surface area contributed by atoms with Gasteiger partial charge in [0.1, 0.15) is 0 Å². The molecule has 0 bridgehead atoms. The summed E-state index contributed by atoms with van der Waals surface area (Å²) >= 11 is 7.39. The normalized spacial score (nSPS) is 12.9. The quantitative estimate of drug-likeness (QED) is 0.144. The summed E-state index contributed by atoms with van der Waals surface area (Å²) in [4.78, 5) is 0. The zero-order valence-corrected chi connectivity index (χ0v) is 19.1. The molecule has 0 spiro atoms. The van der Waals surface area contributed by atoms with Crippen molar-refractivity contribution in [1.82, 2.24) is 0 Å². The van der Waals surface area contributed by atoms with Crippen LogP contribution >= 0.6 is 52.1 Å². The Morgan fingerprint density at radius 3 is 2.09 bits per heavy atom. The molecule has 0 radical (unpaired) electrons. The molecule has 0 fully saturated rings. The smallest absolute Gasteiger partial charge is 0.0691 e. The fourth-order valence-corrected chi connectivity index (χ4v) is 4.59. The van der Waals surface area contributed by atoms with Gasteiger partial charge >= 0.3 is 0 Å². The second-order valence-electron chi connectivity index (χ2n) is 6.35. The van der Waals surface area contributed by atoms with Crippen molar-refractivity contribution in [3.63, 3.8) is 0 Å². The van der Waals surface area contributed by atoms with Crippen molar-refractivity contribution in [2.45, 2.75) is 27.7 Å². The van der Waals surface area contributed by atoms with Gasteiger partial charge in [0, 0.05) is 50.4 Å². The molecule has 0 amide bonds. The average Bonchev–Trinajstić information content (AvgIpc) is 2.50. The molecular formula is C14H32O4P2S3. The Morgan fingerprint density at radius 1 is 1.09 bits per heavy atom. The first-order valence-electron chi connectivity index (χ1n) is 7.19. The number of rotatable bonds is 12. The zero-order chi connectivity index (χ0) is 18.2. The maximum Gasteiger partial charge on any atom is 0.0691 e. The maximum absolute atomic E-state index is 8.99. The predicted octanol–water partition coefficient (Wildman–Crippen LogP) is 4.21. The number of hydrogen-bond acceptors (Lipinski definition) is 7. The number of aliphatic hydroxyl groups is 2. The highest BCUT2D eigenvalue weighted by Crippen LogP contribution is 2.43. The lowest BCUT2D eigenvalue weighted by atomic mass is 9.97. The maximum atomic E-state index is 8.99. The van der Waals surface area contributed by atoms with E-state index >= 15 is 0 Å². The van der Waals surface area contributed by atoms with Gasteiger partial charge in [-0.25, -0.2) is 0 Å². The van der Waals surface area contributed by atoms with Crippen molar-refractivity contribution >= 4 is 52.1 Å².